The fraction of sp³-hybridized carbons (Fsp3) is 0.579. The van der Waals surface area contributed by atoms with Crippen LogP contribution >= 0.6 is 0 Å². The monoisotopic (exact) mass is 351 g/mol. The molecule has 6 heteroatoms. The van der Waals surface area contributed by atoms with E-state index in [2.05, 4.69) is 5.32 Å². The number of ketones is 1. The van der Waals surface area contributed by atoms with Gasteiger partial charge < -0.3 is 19.5 Å². The van der Waals surface area contributed by atoms with Crippen LogP contribution in [0.25, 0.3) is 0 Å². The lowest BCUT2D eigenvalue weighted by Crippen LogP contribution is -2.25. The highest BCUT2D eigenvalue weighted by Crippen LogP contribution is 2.28. The topological polar surface area (TPSA) is 73.9 Å². The second-order valence-electron chi connectivity index (χ2n) is 6.00. The van der Waals surface area contributed by atoms with Gasteiger partial charge in [0.1, 0.15) is 0 Å². The van der Waals surface area contributed by atoms with Crippen LogP contribution in [0, 0.1) is 0 Å². The van der Waals surface area contributed by atoms with E-state index >= 15 is 0 Å². The maximum atomic E-state index is 11.7. The molecule has 0 aliphatic carbocycles. The summed E-state index contributed by atoms with van der Waals surface area (Å²) in [5, 5.41) is 2.86. The fourth-order valence-corrected chi connectivity index (χ4v) is 2.13. The Morgan fingerprint density at radius 2 is 1.88 bits per heavy atom. The number of amides is 1. The summed E-state index contributed by atoms with van der Waals surface area (Å²) in [6, 6.07) is 5.07. The Kier molecular flexibility index (Phi) is 9.62. The number of ether oxygens (including phenoxy) is 3. The van der Waals surface area contributed by atoms with Crippen LogP contribution in [0.1, 0.15) is 50.4 Å². The van der Waals surface area contributed by atoms with Crippen LogP contribution in [-0.2, 0) is 9.53 Å². The van der Waals surface area contributed by atoms with Gasteiger partial charge in [-0.1, -0.05) is 0 Å². The van der Waals surface area contributed by atoms with Crippen molar-refractivity contribution in [3.8, 4) is 11.5 Å². The lowest BCUT2D eigenvalue weighted by Gasteiger charge is -2.11. The van der Waals surface area contributed by atoms with Crippen molar-refractivity contribution in [3.05, 3.63) is 23.8 Å². The molecule has 0 heterocycles. The molecule has 1 N–H and O–H groups in total. The number of hydrogen-bond donors (Lipinski definition) is 1. The SMILES string of the molecule is COc1cc(C(C)=O)ccc1OCCCC(=O)NCCCOC(C)C. The first kappa shape index (κ1) is 21.0. The van der Waals surface area contributed by atoms with E-state index in [4.69, 9.17) is 14.2 Å². The molecule has 0 aromatic heterocycles. The third-order valence-corrected chi connectivity index (χ3v) is 3.47. The minimum Gasteiger partial charge on any atom is -0.493 e. The highest BCUT2D eigenvalue weighted by atomic mass is 16.5. The van der Waals surface area contributed by atoms with E-state index in [1.54, 1.807) is 18.2 Å². The summed E-state index contributed by atoms with van der Waals surface area (Å²) in [5.41, 5.74) is 0.574. The highest BCUT2D eigenvalue weighted by molar-refractivity contribution is 5.94. The third-order valence-electron chi connectivity index (χ3n) is 3.47. The summed E-state index contributed by atoms with van der Waals surface area (Å²) in [5.74, 6) is 1.06. The van der Waals surface area contributed by atoms with E-state index in [-0.39, 0.29) is 17.8 Å². The van der Waals surface area contributed by atoms with Crippen LogP contribution in [0.5, 0.6) is 11.5 Å². The number of benzene rings is 1. The molecule has 0 bridgehead atoms. The lowest BCUT2D eigenvalue weighted by atomic mass is 10.1. The Balaban J connectivity index is 2.24. The van der Waals surface area contributed by atoms with Gasteiger partial charge in [0.25, 0.3) is 0 Å². The Labute approximate surface area is 149 Å². The van der Waals surface area contributed by atoms with Gasteiger partial charge in [-0.15, -0.1) is 0 Å². The molecule has 1 aromatic rings. The van der Waals surface area contributed by atoms with Gasteiger partial charge in [-0.2, -0.15) is 0 Å². The number of carbonyl (C=O) groups is 2. The van der Waals surface area contributed by atoms with Crippen molar-refractivity contribution in [1.29, 1.82) is 0 Å². The smallest absolute Gasteiger partial charge is 0.220 e. The summed E-state index contributed by atoms with van der Waals surface area (Å²) in [4.78, 5) is 23.1. The first-order valence-corrected chi connectivity index (χ1v) is 8.64. The predicted molar refractivity (Wildman–Crippen MR) is 96.4 cm³/mol. The zero-order valence-corrected chi connectivity index (χ0v) is 15.6. The van der Waals surface area contributed by atoms with Crippen molar-refractivity contribution in [2.24, 2.45) is 0 Å². The van der Waals surface area contributed by atoms with Crippen molar-refractivity contribution in [2.45, 2.75) is 46.1 Å². The lowest BCUT2D eigenvalue weighted by molar-refractivity contribution is -0.121. The zero-order chi connectivity index (χ0) is 18.7. The largest absolute Gasteiger partial charge is 0.493 e. The van der Waals surface area contributed by atoms with Gasteiger partial charge in [-0.25, -0.2) is 0 Å². The predicted octanol–water partition coefficient (Wildman–Crippen LogP) is 2.99. The van der Waals surface area contributed by atoms with Gasteiger partial charge in [-0.3, -0.25) is 9.59 Å². The van der Waals surface area contributed by atoms with Crippen LogP contribution in [0.15, 0.2) is 18.2 Å². The van der Waals surface area contributed by atoms with E-state index in [1.165, 1.54) is 14.0 Å². The zero-order valence-electron chi connectivity index (χ0n) is 15.6. The number of carbonyl (C=O) groups excluding carboxylic acids is 2. The first-order valence-electron chi connectivity index (χ1n) is 8.64. The van der Waals surface area contributed by atoms with Crippen LogP contribution in [0.4, 0.5) is 0 Å². The summed E-state index contributed by atoms with van der Waals surface area (Å²) in [6.07, 6.45) is 2.03. The highest BCUT2D eigenvalue weighted by Gasteiger charge is 2.09. The van der Waals surface area contributed by atoms with E-state index in [9.17, 15) is 9.59 Å². The molecule has 0 spiro atoms. The third kappa shape index (κ3) is 8.54. The molecule has 0 saturated carbocycles. The van der Waals surface area contributed by atoms with Crippen LogP contribution < -0.4 is 14.8 Å². The quantitative estimate of drug-likeness (QED) is 0.463. The molecule has 0 aliphatic rings. The van der Waals surface area contributed by atoms with Gasteiger partial charge in [0.05, 0.1) is 19.8 Å². The Morgan fingerprint density at radius 3 is 2.52 bits per heavy atom. The number of hydrogen-bond acceptors (Lipinski definition) is 5. The van der Waals surface area contributed by atoms with E-state index in [1.807, 2.05) is 13.8 Å². The van der Waals surface area contributed by atoms with E-state index in [0.717, 1.165) is 6.42 Å². The molecule has 0 radical (unpaired) electrons. The van der Waals surface area contributed by atoms with Gasteiger partial charge in [-0.05, 0) is 51.8 Å². The molecule has 0 unspecified atom stereocenters. The van der Waals surface area contributed by atoms with E-state index < -0.39 is 0 Å². The van der Waals surface area contributed by atoms with E-state index in [0.29, 0.717) is 49.7 Å². The van der Waals surface area contributed by atoms with Gasteiger partial charge in [0.2, 0.25) is 5.91 Å². The maximum absolute atomic E-state index is 11.7. The Morgan fingerprint density at radius 1 is 1.12 bits per heavy atom. The standard InChI is InChI=1S/C19H29NO5/c1-14(2)24-12-6-10-20-19(22)7-5-11-25-17-9-8-16(15(3)21)13-18(17)23-4/h8-9,13-14H,5-7,10-12H2,1-4H3,(H,20,22). The number of nitrogens with one attached hydrogen (secondary N) is 1. The van der Waals surface area contributed by atoms with Gasteiger partial charge in [0, 0.05) is 25.1 Å². The van der Waals surface area contributed by atoms with Gasteiger partial charge >= 0.3 is 0 Å². The molecule has 1 amide bonds. The molecule has 0 atom stereocenters. The van der Waals surface area contributed by atoms with Crippen molar-refractivity contribution < 1.29 is 23.8 Å². The number of methoxy groups -OCH3 is 1. The molecule has 1 rings (SSSR count). The van der Waals surface area contributed by atoms with Crippen LogP contribution in [0.3, 0.4) is 0 Å². The molecule has 6 nitrogen and oxygen atoms in total. The average Bonchev–Trinajstić information content (AvgIpc) is 2.58. The molecular weight excluding hydrogens is 322 g/mol. The minimum absolute atomic E-state index is 0.00652. The van der Waals surface area contributed by atoms with Gasteiger partial charge in [0.15, 0.2) is 17.3 Å². The molecule has 0 fully saturated rings. The number of rotatable bonds is 12. The van der Waals surface area contributed by atoms with Crippen molar-refractivity contribution in [2.75, 3.05) is 26.9 Å². The number of Topliss-reactive ketones (excluding diaryl/α,β-unsaturated/α-hetero) is 1. The summed E-state index contributed by atoms with van der Waals surface area (Å²) >= 11 is 0. The summed E-state index contributed by atoms with van der Waals surface area (Å²) < 4.78 is 16.3. The molecule has 140 valence electrons. The minimum atomic E-state index is -0.0275. The fourth-order valence-electron chi connectivity index (χ4n) is 2.13. The molecule has 25 heavy (non-hydrogen) atoms. The van der Waals surface area contributed by atoms with Crippen LogP contribution in [0.2, 0.25) is 0 Å². The van der Waals surface area contributed by atoms with Crippen molar-refractivity contribution in [3.63, 3.8) is 0 Å². The molecule has 0 aliphatic heterocycles. The molecular formula is C19H29NO5. The second-order valence-corrected chi connectivity index (χ2v) is 6.00. The Hall–Kier alpha value is -2.08. The normalized spacial score (nSPS) is 10.6. The molecule has 0 saturated heterocycles. The molecule has 1 aromatic carbocycles. The van der Waals surface area contributed by atoms with Crippen LogP contribution in [-0.4, -0.2) is 44.7 Å². The van der Waals surface area contributed by atoms with Crippen molar-refractivity contribution in [1.82, 2.24) is 5.32 Å². The Bertz CT molecular complexity index is 557. The summed E-state index contributed by atoms with van der Waals surface area (Å²) in [7, 11) is 1.53. The average molecular weight is 351 g/mol. The first-order chi connectivity index (χ1) is 11.9. The van der Waals surface area contributed by atoms with Crippen molar-refractivity contribution >= 4 is 11.7 Å². The second kappa shape index (κ2) is 11.5. The summed E-state index contributed by atoms with van der Waals surface area (Å²) in [6.45, 7) is 7.15. The maximum Gasteiger partial charge on any atom is 0.220 e.